The Morgan fingerprint density at radius 2 is 1.85 bits per heavy atom. The van der Waals surface area contributed by atoms with Gasteiger partial charge in [0.05, 0.1) is 36.8 Å². The summed E-state index contributed by atoms with van der Waals surface area (Å²) in [6, 6.07) is -2.47. The van der Waals surface area contributed by atoms with Crippen molar-refractivity contribution in [2.24, 2.45) is 0 Å². The number of carboxylic acid groups (broad SMARTS) is 1. The van der Waals surface area contributed by atoms with E-state index in [0.717, 1.165) is 6.92 Å². The lowest BCUT2D eigenvalue weighted by atomic mass is 9.87. The van der Waals surface area contributed by atoms with E-state index in [0.29, 0.717) is 0 Å². The molecular formula is C15H26N2O9. The second-order valence-electron chi connectivity index (χ2n) is 6.56. The van der Waals surface area contributed by atoms with Gasteiger partial charge in [-0.3, -0.25) is 9.59 Å². The van der Waals surface area contributed by atoms with E-state index in [2.05, 4.69) is 10.6 Å². The van der Waals surface area contributed by atoms with Crippen molar-refractivity contribution >= 4 is 17.8 Å². The molecule has 0 saturated carbocycles. The summed E-state index contributed by atoms with van der Waals surface area (Å²) in [7, 11) is 0. The summed E-state index contributed by atoms with van der Waals surface area (Å²) in [6.07, 6.45) is -6.27. The first-order chi connectivity index (χ1) is 11.9. The normalized spacial score (nSPS) is 32.2. The van der Waals surface area contributed by atoms with E-state index in [1.165, 1.54) is 13.8 Å². The predicted octanol–water partition coefficient (Wildman–Crippen LogP) is -2.95. The molecule has 11 nitrogen and oxygen atoms in total. The van der Waals surface area contributed by atoms with E-state index in [4.69, 9.17) is 9.84 Å². The molecule has 0 aromatic rings. The number of hydrogen-bond donors (Lipinski definition) is 7. The number of carbonyl (C=O) groups excluding carboxylic acids is 2. The molecule has 0 aromatic carbocycles. The highest BCUT2D eigenvalue weighted by atomic mass is 16.7. The van der Waals surface area contributed by atoms with Crippen molar-refractivity contribution in [3.63, 3.8) is 0 Å². The molecule has 7 atom stereocenters. The molecule has 0 radical (unpaired) electrons. The predicted molar refractivity (Wildman–Crippen MR) is 85.6 cm³/mol. The number of aliphatic hydroxyl groups excluding tert-OH is 3. The van der Waals surface area contributed by atoms with Gasteiger partial charge in [-0.25, -0.2) is 4.79 Å². The van der Waals surface area contributed by atoms with E-state index < -0.39 is 66.5 Å². The summed E-state index contributed by atoms with van der Waals surface area (Å²) in [6.45, 7) is 3.82. The highest BCUT2D eigenvalue weighted by Gasteiger charge is 2.54. The molecule has 1 fully saturated rings. The number of carbonyl (C=O) groups is 3. The number of ether oxygens (including phenoxy) is 1. The zero-order valence-electron chi connectivity index (χ0n) is 14.7. The number of rotatable bonds is 7. The third kappa shape index (κ3) is 5.61. The molecule has 2 amide bonds. The van der Waals surface area contributed by atoms with Gasteiger partial charge >= 0.3 is 5.97 Å². The molecule has 1 saturated heterocycles. The smallest absolute Gasteiger partial charge is 0.364 e. The van der Waals surface area contributed by atoms with Crippen molar-refractivity contribution in [3.8, 4) is 0 Å². The van der Waals surface area contributed by atoms with Crippen molar-refractivity contribution in [2.75, 3.05) is 0 Å². The van der Waals surface area contributed by atoms with Crippen LogP contribution in [0.15, 0.2) is 0 Å². The Morgan fingerprint density at radius 1 is 1.27 bits per heavy atom. The summed E-state index contributed by atoms with van der Waals surface area (Å²) in [5, 5.41) is 53.6. The molecule has 0 aliphatic carbocycles. The fourth-order valence-electron chi connectivity index (χ4n) is 2.81. The van der Waals surface area contributed by atoms with Gasteiger partial charge in [0.15, 0.2) is 0 Å². The van der Waals surface area contributed by atoms with Crippen LogP contribution in [0.25, 0.3) is 0 Å². The van der Waals surface area contributed by atoms with Crippen LogP contribution in [0.3, 0.4) is 0 Å². The maximum atomic E-state index is 12.0. The largest absolute Gasteiger partial charge is 0.477 e. The molecular weight excluding hydrogens is 352 g/mol. The molecule has 0 spiro atoms. The number of aliphatic hydroxyl groups is 4. The molecule has 0 aromatic heterocycles. The molecule has 26 heavy (non-hydrogen) atoms. The molecule has 1 heterocycles. The van der Waals surface area contributed by atoms with Gasteiger partial charge in [-0.1, -0.05) is 0 Å². The van der Waals surface area contributed by atoms with Gasteiger partial charge in [0.25, 0.3) is 5.79 Å². The first kappa shape index (κ1) is 22.3. The van der Waals surface area contributed by atoms with Crippen molar-refractivity contribution in [1.29, 1.82) is 0 Å². The monoisotopic (exact) mass is 378 g/mol. The maximum Gasteiger partial charge on any atom is 0.364 e. The van der Waals surface area contributed by atoms with E-state index >= 15 is 0 Å². The number of carboxylic acids is 1. The van der Waals surface area contributed by atoms with E-state index in [-0.39, 0.29) is 6.42 Å². The first-order valence-electron chi connectivity index (χ1n) is 8.11. The Bertz CT molecular complexity index is 539. The molecule has 11 heteroatoms. The summed E-state index contributed by atoms with van der Waals surface area (Å²) < 4.78 is 5.19. The summed E-state index contributed by atoms with van der Waals surface area (Å²) in [5.41, 5.74) is 0. The fraction of sp³-hybridized carbons (Fsp3) is 0.800. The summed E-state index contributed by atoms with van der Waals surface area (Å²) in [5.74, 6) is -5.76. The SMILES string of the molecule is CC(=O)N[C@H]([C@@H]1O[C@](O)(C(=O)O)C[C@H](O)[C@@H]1NC(=O)CC(C)O)[C@H](C)O. The van der Waals surface area contributed by atoms with Crippen LogP contribution in [0, 0.1) is 0 Å². The van der Waals surface area contributed by atoms with Crippen LogP contribution in [0.2, 0.25) is 0 Å². The highest BCUT2D eigenvalue weighted by Crippen LogP contribution is 2.30. The Balaban J connectivity index is 3.19. The van der Waals surface area contributed by atoms with Crippen LogP contribution in [-0.2, 0) is 19.1 Å². The quantitative estimate of drug-likeness (QED) is 0.243. The van der Waals surface area contributed by atoms with Crippen LogP contribution in [0.5, 0.6) is 0 Å². The van der Waals surface area contributed by atoms with Gasteiger partial charge in [-0.2, -0.15) is 0 Å². The van der Waals surface area contributed by atoms with Crippen molar-refractivity contribution in [2.45, 2.75) is 75.9 Å². The summed E-state index contributed by atoms with van der Waals surface area (Å²) >= 11 is 0. The van der Waals surface area contributed by atoms with Crippen molar-refractivity contribution in [3.05, 3.63) is 0 Å². The Morgan fingerprint density at radius 3 is 2.27 bits per heavy atom. The van der Waals surface area contributed by atoms with E-state index in [9.17, 15) is 34.8 Å². The average molecular weight is 378 g/mol. The first-order valence-corrected chi connectivity index (χ1v) is 8.11. The van der Waals surface area contributed by atoms with Gasteiger partial charge in [0.1, 0.15) is 6.10 Å². The lowest BCUT2D eigenvalue weighted by Gasteiger charge is -2.46. The van der Waals surface area contributed by atoms with Crippen LogP contribution >= 0.6 is 0 Å². The lowest BCUT2D eigenvalue weighted by molar-refractivity contribution is -0.283. The third-order valence-electron chi connectivity index (χ3n) is 3.97. The molecule has 1 rings (SSSR count). The van der Waals surface area contributed by atoms with Crippen molar-refractivity contribution in [1.82, 2.24) is 10.6 Å². The van der Waals surface area contributed by atoms with Crippen molar-refractivity contribution < 1.29 is 44.7 Å². The van der Waals surface area contributed by atoms with Gasteiger partial charge in [0.2, 0.25) is 11.8 Å². The van der Waals surface area contributed by atoms with E-state index in [1.807, 2.05) is 0 Å². The average Bonchev–Trinajstić information content (AvgIpc) is 2.46. The van der Waals surface area contributed by atoms with Gasteiger partial charge < -0.3 is 40.9 Å². The molecule has 7 N–H and O–H groups in total. The highest BCUT2D eigenvalue weighted by molar-refractivity contribution is 5.78. The molecule has 1 aliphatic rings. The number of aliphatic carboxylic acids is 1. The van der Waals surface area contributed by atoms with Crippen LogP contribution in [0.1, 0.15) is 33.6 Å². The summed E-state index contributed by atoms with van der Waals surface area (Å²) in [4.78, 5) is 34.7. The maximum absolute atomic E-state index is 12.0. The number of hydrogen-bond acceptors (Lipinski definition) is 8. The van der Waals surface area contributed by atoms with E-state index in [1.54, 1.807) is 0 Å². The van der Waals surface area contributed by atoms with Crippen LogP contribution in [0.4, 0.5) is 0 Å². The zero-order valence-corrected chi connectivity index (χ0v) is 14.7. The standard InChI is InChI=1S/C15H26N2O9/c1-6(18)4-10(22)17-12-9(21)5-15(25,14(23)24)26-13(12)11(7(2)19)16-8(3)20/h6-7,9,11-13,18-19,21,25H,4-5H2,1-3H3,(H,16,20)(H,17,22)(H,23,24)/t6?,7-,9-,11-,12-,13-,15-/m0/s1. The second kappa shape index (κ2) is 8.73. The Labute approximate surface area is 150 Å². The third-order valence-corrected chi connectivity index (χ3v) is 3.97. The van der Waals surface area contributed by atoms with Gasteiger partial charge in [0, 0.05) is 13.3 Å². The lowest BCUT2D eigenvalue weighted by Crippen LogP contribution is -2.69. The minimum absolute atomic E-state index is 0.293. The Hall–Kier alpha value is -1.79. The van der Waals surface area contributed by atoms with Gasteiger partial charge in [-0.15, -0.1) is 0 Å². The van der Waals surface area contributed by atoms with Crippen LogP contribution in [-0.4, -0.2) is 85.6 Å². The second-order valence-corrected chi connectivity index (χ2v) is 6.56. The number of nitrogens with one attached hydrogen (secondary N) is 2. The molecule has 1 aliphatic heterocycles. The molecule has 150 valence electrons. The topological polar surface area (TPSA) is 186 Å². The van der Waals surface area contributed by atoms with Crippen LogP contribution < -0.4 is 10.6 Å². The molecule has 1 unspecified atom stereocenters. The minimum Gasteiger partial charge on any atom is -0.477 e. The number of amides is 2. The molecule has 0 bridgehead atoms. The zero-order chi connectivity index (χ0) is 20.2. The van der Waals surface area contributed by atoms with Gasteiger partial charge in [-0.05, 0) is 13.8 Å². The minimum atomic E-state index is -2.76. The fourth-order valence-corrected chi connectivity index (χ4v) is 2.81. The Kier molecular flexibility index (Phi) is 7.47.